The van der Waals surface area contributed by atoms with Crippen LogP contribution in [0.2, 0.25) is 0 Å². The van der Waals surface area contributed by atoms with E-state index in [1.54, 1.807) is 18.7 Å². The topological polar surface area (TPSA) is 75.0 Å². The van der Waals surface area contributed by atoms with Crippen molar-refractivity contribution in [3.8, 4) is 0 Å². The first-order chi connectivity index (χ1) is 13.4. The van der Waals surface area contributed by atoms with Crippen LogP contribution in [-0.2, 0) is 6.42 Å². The summed E-state index contributed by atoms with van der Waals surface area (Å²) in [5.41, 5.74) is 5.78. The lowest BCUT2D eigenvalue weighted by Gasteiger charge is -2.33. The van der Waals surface area contributed by atoms with Crippen LogP contribution in [0, 0.1) is 0 Å². The first kappa shape index (κ1) is 14.9. The van der Waals surface area contributed by atoms with Crippen LogP contribution in [0.15, 0.2) is 49.2 Å². The molecule has 7 nitrogen and oxygen atoms in total. The fourth-order valence-corrected chi connectivity index (χ4v) is 4.16. The van der Waals surface area contributed by atoms with Crippen molar-refractivity contribution in [3.63, 3.8) is 0 Å². The fourth-order valence-electron chi connectivity index (χ4n) is 4.16. The molecule has 1 aliphatic heterocycles. The van der Waals surface area contributed by atoms with Gasteiger partial charge in [-0.2, -0.15) is 5.10 Å². The zero-order valence-corrected chi connectivity index (χ0v) is 14.8. The standard InChI is InChI=1S/C20H19N7/c1-3-14(13-4-5-13)17-11-16(25-27(17)9-1)19-18-15(23-12-24-18)6-10-26(19)20-21-7-2-8-22-20/h1-3,7-9,11-13,19H,4-6,10H2,(H,23,24). The van der Waals surface area contributed by atoms with E-state index in [0.29, 0.717) is 5.92 Å². The summed E-state index contributed by atoms with van der Waals surface area (Å²) < 4.78 is 2.01. The molecule has 2 aliphatic rings. The molecule has 0 bridgehead atoms. The minimum Gasteiger partial charge on any atom is -0.348 e. The van der Waals surface area contributed by atoms with Gasteiger partial charge in [0.1, 0.15) is 6.04 Å². The summed E-state index contributed by atoms with van der Waals surface area (Å²) in [6.45, 7) is 0.827. The highest BCUT2D eigenvalue weighted by Gasteiger charge is 2.35. The number of H-pyrrole nitrogens is 1. The van der Waals surface area contributed by atoms with E-state index in [-0.39, 0.29) is 6.04 Å². The van der Waals surface area contributed by atoms with Gasteiger partial charge in [0.15, 0.2) is 0 Å². The van der Waals surface area contributed by atoms with Crippen LogP contribution >= 0.6 is 0 Å². The third-order valence-electron chi connectivity index (χ3n) is 5.58. The predicted molar refractivity (Wildman–Crippen MR) is 101 cm³/mol. The molecule has 1 unspecified atom stereocenters. The molecule has 5 heterocycles. The van der Waals surface area contributed by atoms with Gasteiger partial charge in [-0.25, -0.2) is 19.5 Å². The lowest BCUT2D eigenvalue weighted by molar-refractivity contribution is 0.602. The molecule has 0 amide bonds. The molecule has 134 valence electrons. The maximum atomic E-state index is 4.93. The average Bonchev–Trinajstić information content (AvgIpc) is 3.28. The quantitative estimate of drug-likeness (QED) is 0.610. The smallest absolute Gasteiger partial charge is 0.226 e. The van der Waals surface area contributed by atoms with Crippen molar-refractivity contribution < 1.29 is 0 Å². The second-order valence-corrected chi connectivity index (χ2v) is 7.30. The van der Waals surface area contributed by atoms with Crippen LogP contribution in [0.5, 0.6) is 0 Å². The van der Waals surface area contributed by atoms with Crippen molar-refractivity contribution in [2.24, 2.45) is 0 Å². The summed E-state index contributed by atoms with van der Waals surface area (Å²) >= 11 is 0. The van der Waals surface area contributed by atoms with Gasteiger partial charge in [0.05, 0.1) is 23.2 Å². The Balaban J connectivity index is 1.52. The maximum Gasteiger partial charge on any atom is 0.226 e. The molecule has 4 aromatic heterocycles. The van der Waals surface area contributed by atoms with Crippen LogP contribution in [-0.4, -0.2) is 36.1 Å². The Morgan fingerprint density at radius 2 is 1.96 bits per heavy atom. The van der Waals surface area contributed by atoms with Gasteiger partial charge in [-0.05, 0) is 42.5 Å². The van der Waals surface area contributed by atoms with E-state index in [4.69, 9.17) is 5.10 Å². The van der Waals surface area contributed by atoms with Crippen LogP contribution in [0.25, 0.3) is 5.52 Å². The third-order valence-corrected chi connectivity index (χ3v) is 5.58. The molecule has 1 atom stereocenters. The van der Waals surface area contributed by atoms with Crippen LogP contribution in [0.4, 0.5) is 5.95 Å². The number of aromatic nitrogens is 6. The molecule has 0 spiro atoms. The van der Waals surface area contributed by atoms with Gasteiger partial charge < -0.3 is 9.88 Å². The Morgan fingerprint density at radius 1 is 1.07 bits per heavy atom. The lowest BCUT2D eigenvalue weighted by atomic mass is 10.00. The Bertz CT molecular complexity index is 1110. The fraction of sp³-hybridized carbons (Fsp3) is 0.300. The van der Waals surface area contributed by atoms with Crippen molar-refractivity contribution in [1.29, 1.82) is 0 Å². The van der Waals surface area contributed by atoms with Crippen LogP contribution < -0.4 is 4.90 Å². The van der Waals surface area contributed by atoms with E-state index in [2.05, 4.69) is 43.0 Å². The molecule has 27 heavy (non-hydrogen) atoms. The molecule has 6 rings (SSSR count). The van der Waals surface area contributed by atoms with Crippen molar-refractivity contribution >= 4 is 11.5 Å². The van der Waals surface area contributed by atoms with Crippen molar-refractivity contribution in [1.82, 2.24) is 29.5 Å². The summed E-state index contributed by atoms with van der Waals surface area (Å²) in [4.78, 5) is 19.1. The number of nitrogens with one attached hydrogen (secondary N) is 1. The van der Waals surface area contributed by atoms with Crippen molar-refractivity contribution in [2.45, 2.75) is 31.2 Å². The highest BCUT2D eigenvalue weighted by Crippen LogP contribution is 2.43. The number of rotatable bonds is 3. The zero-order chi connectivity index (χ0) is 17.8. The summed E-state index contributed by atoms with van der Waals surface area (Å²) in [5.74, 6) is 1.40. The Hall–Kier alpha value is -3.22. The van der Waals surface area contributed by atoms with Crippen LogP contribution in [0.1, 0.15) is 47.4 Å². The number of imidazole rings is 1. The van der Waals surface area contributed by atoms with E-state index in [1.165, 1.54) is 29.6 Å². The highest BCUT2D eigenvalue weighted by molar-refractivity contribution is 5.59. The molecule has 1 saturated carbocycles. The lowest BCUT2D eigenvalue weighted by Crippen LogP contribution is -2.37. The second-order valence-electron chi connectivity index (χ2n) is 7.30. The molecule has 0 radical (unpaired) electrons. The van der Waals surface area contributed by atoms with E-state index in [9.17, 15) is 0 Å². The molecular formula is C20H19N7. The van der Waals surface area contributed by atoms with Gasteiger partial charge in [-0.15, -0.1) is 0 Å². The number of hydrogen-bond acceptors (Lipinski definition) is 5. The first-order valence-corrected chi connectivity index (χ1v) is 9.42. The van der Waals surface area contributed by atoms with Gasteiger partial charge in [0.25, 0.3) is 0 Å². The van der Waals surface area contributed by atoms with Gasteiger partial charge in [-0.3, -0.25) is 0 Å². The summed E-state index contributed by atoms with van der Waals surface area (Å²) in [6.07, 6.45) is 10.8. The van der Waals surface area contributed by atoms with E-state index >= 15 is 0 Å². The maximum absolute atomic E-state index is 4.93. The number of pyridine rings is 1. The first-order valence-electron chi connectivity index (χ1n) is 9.42. The van der Waals surface area contributed by atoms with Crippen molar-refractivity contribution in [3.05, 3.63) is 71.8 Å². The molecule has 0 aromatic carbocycles. The Labute approximate surface area is 156 Å². The van der Waals surface area contributed by atoms with Crippen LogP contribution in [0.3, 0.4) is 0 Å². The number of anilines is 1. The average molecular weight is 357 g/mol. The molecule has 1 aliphatic carbocycles. The zero-order valence-electron chi connectivity index (χ0n) is 14.8. The van der Waals surface area contributed by atoms with Gasteiger partial charge in [-0.1, -0.05) is 6.07 Å². The highest BCUT2D eigenvalue weighted by atomic mass is 15.3. The summed E-state index contributed by atoms with van der Waals surface area (Å²) in [5, 5.41) is 4.93. The predicted octanol–water partition coefficient (Wildman–Crippen LogP) is 2.88. The van der Waals surface area contributed by atoms with Gasteiger partial charge >= 0.3 is 0 Å². The molecule has 0 saturated heterocycles. The SMILES string of the molecule is c1cnc(N2CCc3[nH]cnc3C2c2cc3c(C4CC4)cccn3n2)nc1. The van der Waals surface area contributed by atoms with Gasteiger partial charge in [0.2, 0.25) is 5.95 Å². The normalized spacial score (nSPS) is 19.4. The van der Waals surface area contributed by atoms with E-state index in [0.717, 1.165) is 30.3 Å². The molecule has 1 N–H and O–H groups in total. The summed E-state index contributed by atoms with van der Waals surface area (Å²) in [7, 11) is 0. The molecule has 4 aromatic rings. The Morgan fingerprint density at radius 3 is 2.81 bits per heavy atom. The largest absolute Gasteiger partial charge is 0.348 e. The number of fused-ring (bicyclic) bond motifs is 2. The minimum atomic E-state index is -0.0886. The molecular weight excluding hydrogens is 338 g/mol. The van der Waals surface area contributed by atoms with E-state index in [1.807, 2.05) is 16.8 Å². The number of aromatic amines is 1. The third kappa shape index (κ3) is 2.34. The number of hydrogen-bond donors (Lipinski definition) is 1. The Kier molecular flexibility index (Phi) is 3.11. The number of nitrogens with zero attached hydrogens (tertiary/aromatic N) is 6. The van der Waals surface area contributed by atoms with Gasteiger partial charge in [0, 0.05) is 37.3 Å². The van der Waals surface area contributed by atoms with E-state index < -0.39 is 0 Å². The second kappa shape index (κ2) is 5.64. The molecule has 1 fully saturated rings. The van der Waals surface area contributed by atoms with Crippen molar-refractivity contribution in [2.75, 3.05) is 11.4 Å². The summed E-state index contributed by atoms with van der Waals surface area (Å²) in [6, 6.07) is 8.30. The monoisotopic (exact) mass is 357 g/mol. The minimum absolute atomic E-state index is 0.0886. The molecule has 7 heteroatoms.